The number of carbonyl (C=O) groups is 1. The first-order chi connectivity index (χ1) is 9.51. The van der Waals surface area contributed by atoms with Crippen molar-refractivity contribution >= 4 is 5.97 Å². The maximum absolute atomic E-state index is 13.6. The largest absolute Gasteiger partial charge is 0.426 e. The van der Waals surface area contributed by atoms with Gasteiger partial charge in [0.2, 0.25) is 0 Å². The summed E-state index contributed by atoms with van der Waals surface area (Å²) in [6, 6.07) is 4.44. The fraction of sp³-hybridized carbons (Fsp3) is 0.500. The molecule has 3 nitrogen and oxygen atoms in total. The minimum Gasteiger partial charge on any atom is -0.426 e. The molecular formula is C16H18FNO2. The number of hydrogen-bond acceptors (Lipinski definition) is 3. The average Bonchev–Trinajstić information content (AvgIpc) is 2.39. The first-order valence-corrected chi connectivity index (χ1v) is 6.93. The molecule has 4 heteroatoms. The van der Waals surface area contributed by atoms with Gasteiger partial charge in [0.15, 0.2) is 0 Å². The van der Waals surface area contributed by atoms with Crippen molar-refractivity contribution in [3.05, 3.63) is 29.1 Å². The van der Waals surface area contributed by atoms with E-state index < -0.39 is 5.82 Å². The van der Waals surface area contributed by atoms with Crippen LogP contribution in [0.4, 0.5) is 4.39 Å². The second-order valence-corrected chi connectivity index (χ2v) is 5.59. The highest BCUT2D eigenvalue weighted by molar-refractivity contribution is 5.75. The van der Waals surface area contributed by atoms with Gasteiger partial charge in [0.1, 0.15) is 17.6 Å². The maximum atomic E-state index is 13.6. The van der Waals surface area contributed by atoms with Crippen molar-refractivity contribution in [2.24, 2.45) is 11.8 Å². The van der Waals surface area contributed by atoms with E-state index in [4.69, 9.17) is 10.00 Å². The van der Waals surface area contributed by atoms with E-state index in [2.05, 4.69) is 6.92 Å². The van der Waals surface area contributed by atoms with Gasteiger partial charge >= 0.3 is 5.97 Å². The molecule has 0 N–H and O–H groups in total. The molecule has 0 unspecified atom stereocenters. The van der Waals surface area contributed by atoms with Gasteiger partial charge in [-0.25, -0.2) is 4.39 Å². The second-order valence-electron chi connectivity index (χ2n) is 5.59. The molecule has 1 fully saturated rings. The Morgan fingerprint density at radius 1 is 1.35 bits per heavy atom. The summed E-state index contributed by atoms with van der Waals surface area (Å²) in [6.07, 6.45) is 3.72. The number of ether oxygens (including phenoxy) is 1. The molecule has 0 radical (unpaired) electrons. The smallest absolute Gasteiger partial charge is 0.314 e. The first kappa shape index (κ1) is 14.5. The van der Waals surface area contributed by atoms with Crippen LogP contribution in [0.25, 0.3) is 0 Å². The zero-order chi connectivity index (χ0) is 14.7. The number of carbonyl (C=O) groups excluding carboxylic acids is 1. The molecule has 0 amide bonds. The molecule has 1 aliphatic carbocycles. The Labute approximate surface area is 118 Å². The highest BCUT2D eigenvalue weighted by Gasteiger charge is 2.26. The molecule has 1 aromatic carbocycles. The molecule has 0 aliphatic heterocycles. The Bertz CT molecular complexity index is 531. The summed E-state index contributed by atoms with van der Waals surface area (Å²) in [5.41, 5.74) is 0.476. The lowest BCUT2D eigenvalue weighted by molar-refractivity contribution is -0.140. The van der Waals surface area contributed by atoms with Crippen molar-refractivity contribution in [1.29, 1.82) is 5.26 Å². The third kappa shape index (κ3) is 3.16. The fourth-order valence-electron chi connectivity index (χ4n) is 2.61. The summed E-state index contributed by atoms with van der Waals surface area (Å²) in [6.45, 7) is 3.81. The molecule has 0 spiro atoms. The van der Waals surface area contributed by atoms with Gasteiger partial charge in [0, 0.05) is 6.07 Å². The van der Waals surface area contributed by atoms with Crippen LogP contribution in [0.3, 0.4) is 0 Å². The van der Waals surface area contributed by atoms with Gasteiger partial charge in [0.05, 0.1) is 11.5 Å². The van der Waals surface area contributed by atoms with Crippen LogP contribution >= 0.6 is 0 Å². The lowest BCUT2D eigenvalue weighted by Crippen LogP contribution is -2.25. The topological polar surface area (TPSA) is 50.1 Å². The molecule has 0 bridgehead atoms. The van der Waals surface area contributed by atoms with Gasteiger partial charge in [-0.15, -0.1) is 0 Å². The van der Waals surface area contributed by atoms with Crippen molar-refractivity contribution in [3.63, 3.8) is 0 Å². The summed E-state index contributed by atoms with van der Waals surface area (Å²) in [4.78, 5) is 12.0. The Balaban J connectivity index is 2.07. The van der Waals surface area contributed by atoms with E-state index in [1.165, 1.54) is 6.07 Å². The number of halogens is 1. The fourth-order valence-corrected chi connectivity index (χ4v) is 2.61. The van der Waals surface area contributed by atoms with Crippen LogP contribution in [0.1, 0.15) is 43.7 Å². The van der Waals surface area contributed by atoms with E-state index in [9.17, 15) is 9.18 Å². The molecule has 20 heavy (non-hydrogen) atoms. The third-order valence-corrected chi connectivity index (χ3v) is 3.94. The second kappa shape index (κ2) is 6.04. The summed E-state index contributed by atoms with van der Waals surface area (Å²) >= 11 is 0. The molecular weight excluding hydrogens is 257 g/mol. The SMILES string of the molecule is Cc1cc(OC(=O)C2CCC(C)CC2)cc(F)c1C#N. The van der Waals surface area contributed by atoms with E-state index >= 15 is 0 Å². The molecule has 2 rings (SSSR count). The van der Waals surface area contributed by atoms with Crippen LogP contribution < -0.4 is 4.74 Å². The zero-order valence-corrected chi connectivity index (χ0v) is 11.8. The van der Waals surface area contributed by atoms with Crippen molar-refractivity contribution in [2.45, 2.75) is 39.5 Å². The molecule has 0 heterocycles. The van der Waals surface area contributed by atoms with Crippen molar-refractivity contribution in [3.8, 4) is 11.8 Å². The Morgan fingerprint density at radius 3 is 2.55 bits per heavy atom. The quantitative estimate of drug-likeness (QED) is 0.610. The predicted molar refractivity (Wildman–Crippen MR) is 72.6 cm³/mol. The lowest BCUT2D eigenvalue weighted by atomic mass is 9.83. The number of nitriles is 1. The third-order valence-electron chi connectivity index (χ3n) is 3.94. The van der Waals surface area contributed by atoms with Crippen LogP contribution in [0.2, 0.25) is 0 Å². The Morgan fingerprint density at radius 2 is 2.00 bits per heavy atom. The van der Waals surface area contributed by atoms with Gasteiger partial charge in [0.25, 0.3) is 0 Å². The number of nitrogens with zero attached hydrogens (tertiary/aromatic N) is 1. The maximum Gasteiger partial charge on any atom is 0.314 e. The monoisotopic (exact) mass is 275 g/mol. The summed E-state index contributed by atoms with van der Waals surface area (Å²) in [7, 11) is 0. The lowest BCUT2D eigenvalue weighted by Gasteiger charge is -2.24. The van der Waals surface area contributed by atoms with Crippen LogP contribution in [-0.2, 0) is 4.79 Å². The van der Waals surface area contributed by atoms with Gasteiger partial charge in [-0.1, -0.05) is 6.92 Å². The van der Waals surface area contributed by atoms with E-state index in [0.29, 0.717) is 11.5 Å². The molecule has 1 aromatic rings. The van der Waals surface area contributed by atoms with E-state index in [1.54, 1.807) is 13.0 Å². The van der Waals surface area contributed by atoms with Crippen molar-refractivity contribution in [2.75, 3.05) is 0 Å². The van der Waals surface area contributed by atoms with E-state index in [0.717, 1.165) is 31.7 Å². The molecule has 0 atom stereocenters. The minimum atomic E-state index is -0.646. The number of aryl methyl sites for hydroxylation is 1. The van der Waals surface area contributed by atoms with Gasteiger partial charge in [-0.05, 0) is 50.2 Å². The Kier molecular flexibility index (Phi) is 4.39. The highest BCUT2D eigenvalue weighted by Crippen LogP contribution is 2.30. The van der Waals surface area contributed by atoms with Crippen molar-refractivity contribution in [1.82, 2.24) is 0 Å². The van der Waals surface area contributed by atoms with E-state index in [1.807, 2.05) is 0 Å². The molecule has 0 aromatic heterocycles. The average molecular weight is 275 g/mol. The number of benzene rings is 1. The molecule has 1 aliphatic rings. The zero-order valence-electron chi connectivity index (χ0n) is 11.8. The van der Waals surface area contributed by atoms with Crippen molar-refractivity contribution < 1.29 is 13.9 Å². The predicted octanol–water partition coefficient (Wildman–Crippen LogP) is 3.74. The first-order valence-electron chi connectivity index (χ1n) is 6.93. The highest BCUT2D eigenvalue weighted by atomic mass is 19.1. The minimum absolute atomic E-state index is 0.00344. The number of rotatable bonds is 2. The molecule has 0 saturated heterocycles. The van der Waals surface area contributed by atoms with Gasteiger partial charge < -0.3 is 4.74 Å². The summed E-state index contributed by atoms with van der Waals surface area (Å²) in [5.74, 6) is -0.186. The standard InChI is InChI=1S/C16H18FNO2/c1-10-3-5-12(6-4-10)16(19)20-13-7-11(2)14(9-18)15(17)8-13/h7-8,10,12H,3-6H2,1-2H3. The Hall–Kier alpha value is -1.89. The molecule has 1 saturated carbocycles. The van der Waals surface area contributed by atoms with Crippen LogP contribution in [0, 0.1) is 35.9 Å². The van der Waals surface area contributed by atoms with Crippen LogP contribution in [0.5, 0.6) is 5.75 Å². The van der Waals surface area contributed by atoms with Crippen LogP contribution in [0.15, 0.2) is 12.1 Å². The number of esters is 1. The normalized spacial score (nSPS) is 22.1. The number of hydrogen-bond donors (Lipinski definition) is 0. The van der Waals surface area contributed by atoms with Crippen LogP contribution in [-0.4, -0.2) is 5.97 Å². The summed E-state index contributed by atoms with van der Waals surface area (Å²) in [5, 5.41) is 8.80. The van der Waals surface area contributed by atoms with E-state index in [-0.39, 0.29) is 23.2 Å². The van der Waals surface area contributed by atoms with Gasteiger partial charge in [-0.2, -0.15) is 5.26 Å². The summed E-state index contributed by atoms with van der Waals surface area (Å²) < 4.78 is 18.9. The molecule has 106 valence electrons. The van der Waals surface area contributed by atoms with Gasteiger partial charge in [-0.3, -0.25) is 4.79 Å².